The van der Waals surface area contributed by atoms with E-state index in [0.717, 1.165) is 50.1 Å². The van der Waals surface area contributed by atoms with Gasteiger partial charge in [0.2, 0.25) is 10.0 Å². The third-order valence-corrected chi connectivity index (χ3v) is 7.28. The number of hydrogen-bond acceptors (Lipinski definition) is 5. The van der Waals surface area contributed by atoms with Gasteiger partial charge in [0.05, 0.1) is 5.52 Å². The summed E-state index contributed by atoms with van der Waals surface area (Å²) in [6.45, 7) is 9.36. The predicted octanol–water partition coefficient (Wildman–Crippen LogP) is 3.34. The van der Waals surface area contributed by atoms with E-state index in [4.69, 9.17) is 0 Å². The van der Waals surface area contributed by atoms with Crippen LogP contribution in [0.1, 0.15) is 17.5 Å². The molecule has 0 saturated carbocycles. The van der Waals surface area contributed by atoms with Crippen LogP contribution in [0, 0.1) is 13.8 Å². The van der Waals surface area contributed by atoms with Gasteiger partial charge in [-0.05, 0) is 62.2 Å². The summed E-state index contributed by atoms with van der Waals surface area (Å²) in [5.41, 5.74) is 4.10. The van der Waals surface area contributed by atoms with Gasteiger partial charge in [-0.25, -0.2) is 13.1 Å². The number of benzene rings is 2. The van der Waals surface area contributed by atoms with Crippen LogP contribution in [0.3, 0.4) is 0 Å². The van der Waals surface area contributed by atoms with Gasteiger partial charge in [0, 0.05) is 50.0 Å². The van der Waals surface area contributed by atoms with Crippen LogP contribution >= 0.6 is 0 Å². The largest absolute Gasteiger partial charge is 0.369 e. The molecule has 1 N–H and O–H groups in total. The zero-order valence-electron chi connectivity index (χ0n) is 18.2. The van der Waals surface area contributed by atoms with Gasteiger partial charge in [-0.3, -0.25) is 9.88 Å². The van der Waals surface area contributed by atoms with Gasteiger partial charge in [-0.2, -0.15) is 0 Å². The maximum absolute atomic E-state index is 12.8. The van der Waals surface area contributed by atoms with Gasteiger partial charge in [0.25, 0.3) is 0 Å². The van der Waals surface area contributed by atoms with Crippen LogP contribution in [0.4, 0.5) is 5.69 Å². The Morgan fingerprint density at radius 1 is 0.968 bits per heavy atom. The van der Waals surface area contributed by atoms with E-state index < -0.39 is 10.0 Å². The van der Waals surface area contributed by atoms with Crippen molar-refractivity contribution in [2.45, 2.75) is 25.2 Å². The first-order valence-corrected chi connectivity index (χ1v) is 12.3. The molecule has 0 unspecified atom stereocenters. The summed E-state index contributed by atoms with van der Waals surface area (Å²) >= 11 is 0. The van der Waals surface area contributed by atoms with Crippen LogP contribution in [-0.4, -0.2) is 57.6 Å². The minimum absolute atomic E-state index is 0.247. The summed E-state index contributed by atoms with van der Waals surface area (Å²) in [5, 5.41) is 0.842. The summed E-state index contributed by atoms with van der Waals surface area (Å²) in [6, 6.07) is 15.9. The number of nitrogens with one attached hydrogen (secondary N) is 1. The zero-order chi connectivity index (χ0) is 21.8. The molecule has 0 aliphatic carbocycles. The minimum atomic E-state index is -3.59. The number of aromatic nitrogens is 1. The third kappa shape index (κ3) is 5.23. The molecule has 4 rings (SSSR count). The SMILES string of the molecule is Cc1cccc(N2CCN(CCCNS(=O)(=O)c3cccc4cc(C)cnc34)CC2)c1. The summed E-state index contributed by atoms with van der Waals surface area (Å²) < 4.78 is 28.4. The predicted molar refractivity (Wildman–Crippen MR) is 126 cm³/mol. The number of hydrogen-bond donors (Lipinski definition) is 1. The number of aryl methyl sites for hydroxylation is 2. The maximum atomic E-state index is 12.8. The molecule has 2 heterocycles. The fourth-order valence-corrected chi connectivity index (χ4v) is 5.35. The summed E-state index contributed by atoms with van der Waals surface area (Å²) in [4.78, 5) is 9.42. The van der Waals surface area contributed by atoms with Gasteiger partial charge < -0.3 is 4.90 Å². The lowest BCUT2D eigenvalue weighted by Crippen LogP contribution is -2.47. The van der Waals surface area contributed by atoms with Crippen LogP contribution < -0.4 is 9.62 Å². The molecule has 0 radical (unpaired) electrons. The van der Waals surface area contributed by atoms with E-state index in [1.807, 2.05) is 19.1 Å². The molecule has 3 aromatic rings. The van der Waals surface area contributed by atoms with Gasteiger partial charge in [-0.1, -0.05) is 24.3 Å². The Hall–Kier alpha value is -2.48. The van der Waals surface area contributed by atoms with Crippen molar-refractivity contribution in [3.05, 3.63) is 65.9 Å². The zero-order valence-corrected chi connectivity index (χ0v) is 19.0. The molecule has 7 heteroatoms. The molecule has 1 aromatic heterocycles. The van der Waals surface area contributed by atoms with Crippen molar-refractivity contribution in [3.63, 3.8) is 0 Å². The maximum Gasteiger partial charge on any atom is 0.242 e. The average Bonchev–Trinajstić information content (AvgIpc) is 2.76. The van der Waals surface area contributed by atoms with Gasteiger partial charge in [0.15, 0.2) is 0 Å². The molecule has 1 saturated heterocycles. The van der Waals surface area contributed by atoms with E-state index in [1.54, 1.807) is 18.3 Å². The third-order valence-electron chi connectivity index (χ3n) is 5.78. The fraction of sp³-hybridized carbons (Fsp3) is 0.375. The average molecular weight is 439 g/mol. The van der Waals surface area contributed by atoms with Gasteiger partial charge >= 0.3 is 0 Å². The van der Waals surface area contributed by atoms with Gasteiger partial charge in [0.1, 0.15) is 4.90 Å². The molecule has 0 amide bonds. The van der Waals surface area contributed by atoms with Crippen molar-refractivity contribution in [1.29, 1.82) is 0 Å². The number of piperazine rings is 1. The molecule has 1 fully saturated rings. The summed E-state index contributed by atoms with van der Waals surface area (Å²) in [6.07, 6.45) is 2.48. The monoisotopic (exact) mass is 438 g/mol. The Labute approximate surface area is 184 Å². The Morgan fingerprint density at radius 2 is 1.74 bits per heavy atom. The molecule has 0 bridgehead atoms. The lowest BCUT2D eigenvalue weighted by Gasteiger charge is -2.36. The Bertz CT molecular complexity index is 1160. The molecule has 6 nitrogen and oxygen atoms in total. The van der Waals surface area contributed by atoms with Crippen molar-refractivity contribution in [2.75, 3.05) is 44.2 Å². The second kappa shape index (κ2) is 9.34. The number of anilines is 1. The number of fused-ring (bicyclic) bond motifs is 1. The molecule has 164 valence electrons. The molecular weight excluding hydrogens is 408 g/mol. The highest BCUT2D eigenvalue weighted by Crippen LogP contribution is 2.22. The summed E-state index contributed by atoms with van der Waals surface area (Å²) in [5.74, 6) is 0. The molecule has 1 aliphatic rings. The second-order valence-corrected chi connectivity index (χ2v) is 9.99. The Kier molecular flexibility index (Phi) is 6.55. The number of pyridine rings is 1. The van der Waals surface area contributed by atoms with Crippen LogP contribution in [0.25, 0.3) is 10.9 Å². The highest BCUT2D eigenvalue weighted by Gasteiger charge is 2.19. The first-order valence-electron chi connectivity index (χ1n) is 10.8. The standard InChI is InChI=1S/C24H30N4O2S/c1-19-6-3-8-22(17-19)28-14-12-27(13-15-28)11-5-10-26-31(29,30)23-9-4-7-21-16-20(2)18-25-24(21)23/h3-4,6-9,16-18,26H,5,10-15H2,1-2H3. The first-order chi connectivity index (χ1) is 14.9. The van der Waals surface area contributed by atoms with E-state index in [-0.39, 0.29) is 4.90 Å². The van der Waals surface area contributed by atoms with E-state index >= 15 is 0 Å². The van der Waals surface area contributed by atoms with E-state index in [1.165, 1.54) is 11.3 Å². The van der Waals surface area contributed by atoms with E-state index in [9.17, 15) is 8.42 Å². The summed E-state index contributed by atoms with van der Waals surface area (Å²) in [7, 11) is -3.59. The van der Waals surface area contributed by atoms with Crippen molar-refractivity contribution >= 4 is 26.6 Å². The molecule has 31 heavy (non-hydrogen) atoms. The lowest BCUT2D eigenvalue weighted by atomic mass is 10.2. The number of nitrogens with zero attached hydrogens (tertiary/aromatic N) is 3. The topological polar surface area (TPSA) is 65.5 Å². The molecule has 1 aliphatic heterocycles. The van der Waals surface area contributed by atoms with E-state index in [0.29, 0.717) is 12.1 Å². The first kappa shape index (κ1) is 21.7. The Balaban J connectivity index is 1.27. The lowest BCUT2D eigenvalue weighted by molar-refractivity contribution is 0.255. The normalized spacial score (nSPS) is 15.5. The van der Waals surface area contributed by atoms with Gasteiger partial charge in [-0.15, -0.1) is 0 Å². The second-order valence-electron chi connectivity index (χ2n) is 8.26. The van der Waals surface area contributed by atoms with E-state index in [2.05, 4.69) is 50.7 Å². The van der Waals surface area contributed by atoms with Crippen LogP contribution in [0.2, 0.25) is 0 Å². The van der Waals surface area contributed by atoms with Crippen LogP contribution in [-0.2, 0) is 10.0 Å². The van der Waals surface area contributed by atoms with Crippen molar-refractivity contribution < 1.29 is 8.42 Å². The molecular formula is C24H30N4O2S. The molecule has 0 spiro atoms. The van der Waals surface area contributed by atoms with Crippen LogP contribution in [0.5, 0.6) is 0 Å². The molecule has 0 atom stereocenters. The quantitative estimate of drug-likeness (QED) is 0.573. The van der Waals surface area contributed by atoms with Crippen molar-refractivity contribution in [2.24, 2.45) is 0 Å². The number of para-hydroxylation sites is 1. The molecule has 2 aromatic carbocycles. The smallest absolute Gasteiger partial charge is 0.242 e. The van der Waals surface area contributed by atoms with Crippen molar-refractivity contribution in [3.8, 4) is 0 Å². The van der Waals surface area contributed by atoms with Crippen LogP contribution in [0.15, 0.2) is 59.6 Å². The van der Waals surface area contributed by atoms with Crippen molar-refractivity contribution in [1.82, 2.24) is 14.6 Å². The highest BCUT2D eigenvalue weighted by molar-refractivity contribution is 7.89. The number of sulfonamides is 1. The fourth-order valence-electron chi connectivity index (χ4n) is 4.10. The minimum Gasteiger partial charge on any atom is -0.369 e. The number of rotatable bonds is 7. The Morgan fingerprint density at radius 3 is 2.52 bits per heavy atom. The highest BCUT2D eigenvalue weighted by atomic mass is 32.2.